The van der Waals surface area contributed by atoms with Crippen molar-refractivity contribution in [1.82, 2.24) is 9.88 Å². The summed E-state index contributed by atoms with van der Waals surface area (Å²) < 4.78 is 44.3. The lowest BCUT2D eigenvalue weighted by Crippen LogP contribution is -2.44. The number of aliphatic hydroxyl groups excluding tert-OH is 1. The first-order valence-corrected chi connectivity index (χ1v) is 12.9. The number of methoxy groups -OCH3 is 1. The molecule has 10 heteroatoms. The number of fused-ring (bicyclic) bond motifs is 1. The molecule has 2 aromatic carbocycles. The molecule has 3 atom stereocenters. The minimum atomic E-state index is -4.50. The second kappa shape index (κ2) is 12.2. The first-order chi connectivity index (χ1) is 18.6. The van der Waals surface area contributed by atoms with Crippen molar-refractivity contribution in [3.63, 3.8) is 0 Å². The number of rotatable bonds is 7. The Morgan fingerprint density at radius 2 is 2.05 bits per heavy atom. The number of hydrogen-bond acceptors (Lipinski definition) is 5. The van der Waals surface area contributed by atoms with Gasteiger partial charge in [0, 0.05) is 23.7 Å². The van der Waals surface area contributed by atoms with Gasteiger partial charge in [0.25, 0.3) is 0 Å². The van der Waals surface area contributed by atoms with Crippen molar-refractivity contribution in [3.05, 3.63) is 70.4 Å². The van der Waals surface area contributed by atoms with Crippen LogP contribution in [0.2, 0.25) is 5.02 Å². The zero-order valence-electron chi connectivity index (χ0n) is 21.2. The third kappa shape index (κ3) is 7.01. The van der Waals surface area contributed by atoms with Gasteiger partial charge in [-0.15, -0.1) is 0 Å². The molecule has 4 rings (SSSR count). The van der Waals surface area contributed by atoms with Crippen LogP contribution in [-0.4, -0.2) is 52.8 Å². The number of halogens is 4. The number of aromatic nitrogens is 1. The lowest BCUT2D eigenvalue weighted by molar-refractivity contribution is -0.146. The molecule has 0 saturated carbocycles. The third-order valence-corrected chi connectivity index (χ3v) is 7.46. The Morgan fingerprint density at radius 1 is 1.26 bits per heavy atom. The fourth-order valence-corrected chi connectivity index (χ4v) is 5.14. The highest BCUT2D eigenvalue weighted by atomic mass is 35.5. The maximum atomic E-state index is 13.0. The van der Waals surface area contributed by atoms with E-state index in [9.17, 15) is 28.2 Å². The van der Waals surface area contributed by atoms with Crippen molar-refractivity contribution in [2.75, 3.05) is 26.7 Å². The number of hydrogen-bond donors (Lipinski definition) is 2. The number of pyridine rings is 1. The van der Waals surface area contributed by atoms with Gasteiger partial charge in [0.15, 0.2) is 0 Å². The summed E-state index contributed by atoms with van der Waals surface area (Å²) in [6, 6.07) is 10.2. The van der Waals surface area contributed by atoms with Gasteiger partial charge in [0.2, 0.25) is 0 Å². The number of ether oxygens (including phenoxy) is 1. The molecule has 1 aromatic heterocycles. The molecule has 0 radical (unpaired) electrons. The Hall–Kier alpha value is -3.32. The average molecular weight is 561 g/mol. The Bertz CT molecular complexity index is 1400. The Kier molecular flexibility index (Phi) is 9.01. The van der Waals surface area contributed by atoms with Crippen molar-refractivity contribution in [1.29, 1.82) is 0 Å². The van der Waals surface area contributed by atoms with Crippen LogP contribution in [-0.2, 0) is 11.0 Å². The molecule has 0 amide bonds. The molecule has 1 unspecified atom stereocenters. The molecular weight excluding hydrogens is 533 g/mol. The number of aliphatic carboxylic acids is 1. The molecule has 1 aliphatic rings. The van der Waals surface area contributed by atoms with E-state index in [2.05, 4.69) is 16.8 Å². The van der Waals surface area contributed by atoms with E-state index in [1.165, 1.54) is 6.07 Å². The zero-order valence-corrected chi connectivity index (χ0v) is 22.0. The van der Waals surface area contributed by atoms with Gasteiger partial charge in [0.05, 0.1) is 41.8 Å². The number of carboxylic acid groups (broad SMARTS) is 1. The number of benzene rings is 2. The molecule has 39 heavy (non-hydrogen) atoms. The van der Waals surface area contributed by atoms with Crippen LogP contribution in [0.5, 0.6) is 5.75 Å². The normalized spacial score (nSPS) is 18.8. The smallest absolute Gasteiger partial charge is 0.416 e. The maximum absolute atomic E-state index is 13.0. The highest BCUT2D eigenvalue weighted by Gasteiger charge is 2.34. The van der Waals surface area contributed by atoms with Gasteiger partial charge >= 0.3 is 12.1 Å². The fraction of sp³-hybridized carbons (Fsp3) is 0.379. The summed E-state index contributed by atoms with van der Waals surface area (Å²) in [5, 5.41) is 21.8. The Balaban J connectivity index is 1.39. The highest BCUT2D eigenvalue weighted by molar-refractivity contribution is 6.31. The largest absolute Gasteiger partial charge is 0.497 e. The molecule has 0 spiro atoms. The van der Waals surface area contributed by atoms with Crippen molar-refractivity contribution in [2.45, 2.75) is 31.5 Å². The second-order valence-corrected chi connectivity index (χ2v) is 10.0. The van der Waals surface area contributed by atoms with Crippen LogP contribution in [0.15, 0.2) is 48.7 Å². The average Bonchev–Trinajstić information content (AvgIpc) is 2.91. The van der Waals surface area contributed by atoms with E-state index < -0.39 is 29.7 Å². The number of alkyl halides is 3. The van der Waals surface area contributed by atoms with Gasteiger partial charge in [-0.2, -0.15) is 13.2 Å². The SMILES string of the molecule is COc1ccc2nccc(C(O)CC[C@@H]3CCN(CC#Cc4cc(C(F)(F)F)ccc4Cl)C[C@@H]3C(=O)O)c2c1. The van der Waals surface area contributed by atoms with Gasteiger partial charge in [-0.05, 0) is 79.8 Å². The minimum absolute atomic E-state index is 0.0754. The number of carboxylic acids is 1. The van der Waals surface area contributed by atoms with Crippen LogP contribution in [0.4, 0.5) is 13.2 Å². The summed E-state index contributed by atoms with van der Waals surface area (Å²) in [4.78, 5) is 18.3. The number of aliphatic hydroxyl groups is 1. The summed E-state index contributed by atoms with van der Waals surface area (Å²) in [5.41, 5.74) is 0.693. The fourth-order valence-electron chi connectivity index (χ4n) is 4.97. The molecule has 0 bridgehead atoms. The highest BCUT2D eigenvalue weighted by Crippen LogP contribution is 2.34. The second-order valence-electron chi connectivity index (χ2n) is 9.60. The number of carbonyl (C=O) groups is 1. The van der Waals surface area contributed by atoms with E-state index in [4.69, 9.17) is 16.3 Å². The van der Waals surface area contributed by atoms with Crippen LogP contribution in [0.25, 0.3) is 10.9 Å². The van der Waals surface area contributed by atoms with E-state index in [1.54, 1.807) is 25.4 Å². The minimum Gasteiger partial charge on any atom is -0.497 e. The molecule has 2 heterocycles. The van der Waals surface area contributed by atoms with Gasteiger partial charge in [-0.1, -0.05) is 23.4 Å². The quantitative estimate of drug-likeness (QED) is 0.355. The topological polar surface area (TPSA) is 82.9 Å². The monoisotopic (exact) mass is 560 g/mol. The maximum Gasteiger partial charge on any atom is 0.416 e. The van der Waals surface area contributed by atoms with E-state index >= 15 is 0 Å². The molecule has 1 saturated heterocycles. The van der Waals surface area contributed by atoms with Crippen molar-refractivity contribution >= 4 is 28.5 Å². The molecule has 1 aliphatic heterocycles. The number of likely N-dealkylation sites (tertiary alicyclic amines) is 1. The van der Waals surface area contributed by atoms with Gasteiger partial charge in [-0.3, -0.25) is 14.7 Å². The number of piperidine rings is 1. The van der Waals surface area contributed by atoms with Gasteiger partial charge in [0.1, 0.15) is 5.75 Å². The predicted octanol–water partition coefficient (Wildman–Crippen LogP) is 5.80. The Morgan fingerprint density at radius 3 is 2.77 bits per heavy atom. The van der Waals surface area contributed by atoms with Crippen LogP contribution >= 0.6 is 11.6 Å². The van der Waals surface area contributed by atoms with Crippen LogP contribution < -0.4 is 4.74 Å². The lowest BCUT2D eigenvalue weighted by Gasteiger charge is -2.36. The van der Waals surface area contributed by atoms with E-state index in [-0.39, 0.29) is 29.6 Å². The summed E-state index contributed by atoms with van der Waals surface area (Å²) in [6.45, 7) is 1.05. The standard InChI is InChI=1S/C29H28ClF3N2O4/c1-39-21-6-8-26-23(16-21)22(10-12-34-26)27(36)9-4-18-11-14-35(17-24(18)28(37)38)13-2-3-19-15-20(29(31,32)33)5-7-25(19)30/h5-8,10,12,15-16,18,24,27,36H,4,9,11,13-14,17H2,1H3,(H,37,38)/t18-,24+,27?/m1/s1. The van der Waals surface area contributed by atoms with E-state index in [0.717, 1.165) is 23.0 Å². The van der Waals surface area contributed by atoms with E-state index in [1.807, 2.05) is 17.0 Å². The first-order valence-electron chi connectivity index (χ1n) is 12.5. The zero-order chi connectivity index (χ0) is 28.2. The van der Waals surface area contributed by atoms with Crippen LogP contribution in [0.1, 0.15) is 42.1 Å². The predicted molar refractivity (Wildman–Crippen MR) is 141 cm³/mol. The molecule has 3 aromatic rings. The van der Waals surface area contributed by atoms with Crippen molar-refractivity contribution in [3.8, 4) is 17.6 Å². The number of nitrogens with zero attached hydrogens (tertiary/aromatic N) is 2. The first kappa shape index (κ1) is 28.7. The van der Waals surface area contributed by atoms with Crippen molar-refractivity contribution < 1.29 is 32.9 Å². The molecular formula is C29H28ClF3N2O4. The summed E-state index contributed by atoms with van der Waals surface area (Å²) >= 11 is 6.01. The molecule has 0 aliphatic carbocycles. The summed E-state index contributed by atoms with van der Waals surface area (Å²) in [6.07, 6.45) is -2.15. The van der Waals surface area contributed by atoms with Crippen LogP contribution in [0.3, 0.4) is 0 Å². The van der Waals surface area contributed by atoms with Crippen molar-refractivity contribution in [2.24, 2.45) is 11.8 Å². The molecule has 6 nitrogen and oxygen atoms in total. The van der Waals surface area contributed by atoms with Crippen LogP contribution in [0, 0.1) is 23.7 Å². The molecule has 2 N–H and O–H groups in total. The summed E-state index contributed by atoms with van der Waals surface area (Å²) in [7, 11) is 1.57. The molecule has 206 valence electrons. The van der Waals surface area contributed by atoms with Gasteiger partial charge < -0.3 is 14.9 Å². The molecule has 1 fully saturated rings. The van der Waals surface area contributed by atoms with Gasteiger partial charge in [-0.25, -0.2) is 0 Å². The van der Waals surface area contributed by atoms with E-state index in [0.29, 0.717) is 37.1 Å². The lowest BCUT2D eigenvalue weighted by atomic mass is 9.81. The Labute approximate surface area is 229 Å². The summed E-state index contributed by atoms with van der Waals surface area (Å²) in [5.74, 6) is 4.47. The third-order valence-electron chi connectivity index (χ3n) is 7.13.